The minimum Gasteiger partial charge on any atom is -0.388 e. The summed E-state index contributed by atoms with van der Waals surface area (Å²) in [6.45, 7) is 0. The zero-order chi connectivity index (χ0) is 13.4. The van der Waals surface area contributed by atoms with E-state index >= 15 is 0 Å². The Morgan fingerprint density at radius 1 is 1.05 bits per heavy atom. The van der Waals surface area contributed by atoms with Crippen molar-refractivity contribution in [1.82, 2.24) is 0 Å². The third kappa shape index (κ3) is 2.14. The van der Waals surface area contributed by atoms with E-state index < -0.39 is 6.10 Å². The highest BCUT2D eigenvalue weighted by Gasteiger charge is 2.14. The van der Waals surface area contributed by atoms with E-state index in [0.29, 0.717) is 10.4 Å². The minimum absolute atomic E-state index is 0.492. The van der Waals surface area contributed by atoms with E-state index in [-0.39, 0.29) is 0 Å². The first-order valence-corrected chi connectivity index (χ1v) is 7.56. The van der Waals surface area contributed by atoms with Crippen LogP contribution in [0.25, 0.3) is 21.5 Å². The zero-order valence-corrected chi connectivity index (χ0v) is 12.4. The standard InChI is InChI=1S/C16H12BrClO/c17-9-15(19)13-8-10-4-1-2-5-11(10)12-6-3-7-14(18)16(12)13/h1-8,15,19H,9H2/t15-/m0/s1. The Hall–Kier alpha value is -1.09. The summed E-state index contributed by atoms with van der Waals surface area (Å²) in [6.07, 6.45) is -0.563. The fraction of sp³-hybridized carbons (Fsp3) is 0.125. The molecule has 0 radical (unpaired) electrons. The molecular weight excluding hydrogens is 324 g/mol. The summed E-state index contributed by atoms with van der Waals surface area (Å²) in [4.78, 5) is 0. The predicted molar refractivity (Wildman–Crippen MR) is 85.2 cm³/mol. The van der Waals surface area contributed by atoms with Gasteiger partial charge in [0.1, 0.15) is 0 Å². The molecule has 3 rings (SSSR count). The molecule has 1 nitrogen and oxygen atoms in total. The van der Waals surface area contributed by atoms with Gasteiger partial charge in [0, 0.05) is 15.7 Å². The van der Waals surface area contributed by atoms with Gasteiger partial charge in [-0.1, -0.05) is 63.9 Å². The summed E-state index contributed by atoms with van der Waals surface area (Å²) in [7, 11) is 0. The molecule has 3 heteroatoms. The highest BCUT2D eigenvalue weighted by molar-refractivity contribution is 9.09. The van der Waals surface area contributed by atoms with Gasteiger partial charge in [0.15, 0.2) is 0 Å². The van der Waals surface area contributed by atoms with E-state index in [1.807, 2.05) is 36.4 Å². The summed E-state index contributed by atoms with van der Waals surface area (Å²) in [5.41, 5.74) is 0.871. The lowest BCUT2D eigenvalue weighted by Crippen LogP contribution is -2.00. The van der Waals surface area contributed by atoms with Gasteiger partial charge in [-0.3, -0.25) is 0 Å². The Morgan fingerprint density at radius 3 is 2.58 bits per heavy atom. The molecule has 0 aliphatic rings. The van der Waals surface area contributed by atoms with Crippen molar-refractivity contribution in [3.05, 3.63) is 59.1 Å². The quantitative estimate of drug-likeness (QED) is 0.512. The van der Waals surface area contributed by atoms with Crippen molar-refractivity contribution in [3.63, 3.8) is 0 Å². The van der Waals surface area contributed by atoms with E-state index in [4.69, 9.17) is 11.6 Å². The molecular formula is C16H12BrClO. The molecule has 1 N–H and O–H groups in total. The van der Waals surface area contributed by atoms with Gasteiger partial charge in [0.2, 0.25) is 0 Å². The van der Waals surface area contributed by atoms with Gasteiger partial charge in [-0.2, -0.15) is 0 Å². The average molecular weight is 336 g/mol. The average Bonchev–Trinajstić information content (AvgIpc) is 2.46. The Kier molecular flexibility index (Phi) is 3.48. The Labute approximate surface area is 124 Å². The van der Waals surface area contributed by atoms with Crippen LogP contribution in [0, 0.1) is 0 Å². The highest BCUT2D eigenvalue weighted by Crippen LogP contribution is 2.36. The summed E-state index contributed by atoms with van der Waals surface area (Å²) in [5, 5.41) is 15.7. The lowest BCUT2D eigenvalue weighted by atomic mass is 9.95. The number of hydrogen-bond acceptors (Lipinski definition) is 1. The maximum Gasteiger partial charge on any atom is 0.0893 e. The zero-order valence-electron chi connectivity index (χ0n) is 10.1. The van der Waals surface area contributed by atoms with Crippen molar-refractivity contribution in [2.24, 2.45) is 0 Å². The third-order valence-electron chi connectivity index (χ3n) is 3.37. The van der Waals surface area contributed by atoms with Gasteiger partial charge in [-0.15, -0.1) is 0 Å². The van der Waals surface area contributed by atoms with Crippen molar-refractivity contribution in [2.75, 3.05) is 5.33 Å². The lowest BCUT2D eigenvalue weighted by molar-refractivity contribution is 0.207. The number of halogens is 2. The molecule has 0 amide bonds. The van der Waals surface area contributed by atoms with Crippen LogP contribution in [0.3, 0.4) is 0 Å². The minimum atomic E-state index is -0.563. The second-order valence-corrected chi connectivity index (χ2v) is 5.57. The molecule has 0 unspecified atom stereocenters. The van der Waals surface area contributed by atoms with Gasteiger partial charge < -0.3 is 5.11 Å². The number of hydrogen-bond donors (Lipinski definition) is 1. The van der Waals surface area contributed by atoms with Crippen molar-refractivity contribution in [2.45, 2.75) is 6.10 Å². The molecule has 0 aromatic heterocycles. The van der Waals surface area contributed by atoms with Crippen molar-refractivity contribution < 1.29 is 5.11 Å². The lowest BCUT2D eigenvalue weighted by Gasteiger charge is -2.15. The molecule has 0 bridgehead atoms. The van der Waals surface area contributed by atoms with Crippen molar-refractivity contribution >= 4 is 49.1 Å². The first-order valence-electron chi connectivity index (χ1n) is 6.06. The fourth-order valence-corrected chi connectivity index (χ4v) is 3.13. The van der Waals surface area contributed by atoms with Crippen LogP contribution in [0.4, 0.5) is 0 Å². The van der Waals surface area contributed by atoms with Crippen LogP contribution < -0.4 is 0 Å². The monoisotopic (exact) mass is 334 g/mol. The van der Waals surface area contributed by atoms with E-state index in [0.717, 1.165) is 27.1 Å². The van der Waals surface area contributed by atoms with Crippen LogP contribution in [-0.4, -0.2) is 10.4 Å². The summed E-state index contributed by atoms with van der Waals surface area (Å²) in [5.74, 6) is 0. The van der Waals surface area contributed by atoms with Crippen molar-refractivity contribution in [1.29, 1.82) is 0 Å². The molecule has 0 aliphatic carbocycles. The molecule has 0 spiro atoms. The maximum absolute atomic E-state index is 10.2. The van der Waals surface area contributed by atoms with Crippen LogP contribution in [0.5, 0.6) is 0 Å². The number of rotatable bonds is 2. The van der Waals surface area contributed by atoms with Crippen LogP contribution in [0.1, 0.15) is 11.7 Å². The van der Waals surface area contributed by atoms with E-state index in [9.17, 15) is 5.11 Å². The smallest absolute Gasteiger partial charge is 0.0893 e. The van der Waals surface area contributed by atoms with Gasteiger partial charge in [0.05, 0.1) is 6.10 Å². The first kappa shape index (κ1) is 12.9. The van der Waals surface area contributed by atoms with Gasteiger partial charge in [-0.25, -0.2) is 0 Å². The first-order chi connectivity index (χ1) is 9.22. The van der Waals surface area contributed by atoms with Gasteiger partial charge in [-0.05, 0) is 33.9 Å². The molecule has 0 fully saturated rings. The number of aliphatic hydroxyl groups excluding tert-OH is 1. The second kappa shape index (κ2) is 5.12. The van der Waals surface area contributed by atoms with Gasteiger partial charge >= 0.3 is 0 Å². The van der Waals surface area contributed by atoms with Crippen molar-refractivity contribution in [3.8, 4) is 0 Å². The highest BCUT2D eigenvalue weighted by atomic mass is 79.9. The number of benzene rings is 3. The summed E-state index contributed by atoms with van der Waals surface area (Å²) < 4.78 is 0. The van der Waals surface area contributed by atoms with E-state index in [1.54, 1.807) is 0 Å². The SMILES string of the molecule is O[C@@H](CBr)c1cc2ccccc2c2cccc(Cl)c12. The molecule has 0 aliphatic heterocycles. The molecule has 0 saturated carbocycles. The Morgan fingerprint density at radius 2 is 1.79 bits per heavy atom. The molecule has 1 atom stereocenters. The summed E-state index contributed by atoms with van der Waals surface area (Å²) in [6, 6.07) is 16.0. The molecule has 3 aromatic carbocycles. The largest absolute Gasteiger partial charge is 0.388 e. The van der Waals surface area contributed by atoms with Crippen LogP contribution in [0.2, 0.25) is 5.02 Å². The van der Waals surface area contributed by atoms with Crippen LogP contribution >= 0.6 is 27.5 Å². The van der Waals surface area contributed by atoms with Gasteiger partial charge in [0.25, 0.3) is 0 Å². The molecule has 96 valence electrons. The number of alkyl halides is 1. The normalized spacial score (nSPS) is 13.0. The molecule has 0 saturated heterocycles. The maximum atomic E-state index is 10.2. The molecule has 19 heavy (non-hydrogen) atoms. The van der Waals surface area contributed by atoms with E-state index in [1.165, 1.54) is 0 Å². The Balaban J connectivity index is 2.52. The number of fused-ring (bicyclic) bond motifs is 3. The van der Waals surface area contributed by atoms with Crippen LogP contribution in [-0.2, 0) is 0 Å². The fourth-order valence-electron chi connectivity index (χ4n) is 2.50. The molecule has 0 heterocycles. The third-order valence-corrected chi connectivity index (χ3v) is 4.30. The van der Waals surface area contributed by atoms with Crippen LogP contribution in [0.15, 0.2) is 48.5 Å². The van der Waals surface area contributed by atoms with E-state index in [2.05, 4.69) is 28.1 Å². The molecule has 3 aromatic rings. The Bertz CT molecular complexity index is 754. The predicted octanol–water partition coefficient (Wildman–Crippen LogP) is 5.07. The number of aliphatic hydroxyl groups is 1. The topological polar surface area (TPSA) is 20.2 Å². The summed E-state index contributed by atoms with van der Waals surface area (Å²) >= 11 is 9.67. The second-order valence-electron chi connectivity index (χ2n) is 4.52.